The second-order valence-corrected chi connectivity index (χ2v) is 8.48. The summed E-state index contributed by atoms with van der Waals surface area (Å²) in [4.78, 5) is 12.9. The fourth-order valence-corrected chi connectivity index (χ4v) is 4.29. The van der Waals surface area contributed by atoms with E-state index < -0.39 is 10.2 Å². The predicted molar refractivity (Wildman–Crippen MR) is 97.9 cm³/mol. The minimum atomic E-state index is -3.54. The van der Waals surface area contributed by atoms with Crippen molar-refractivity contribution in [1.82, 2.24) is 0 Å². The van der Waals surface area contributed by atoms with Gasteiger partial charge in [0.15, 0.2) is 0 Å². The van der Waals surface area contributed by atoms with Gasteiger partial charge in [0.2, 0.25) is 5.91 Å². The smallest absolute Gasteiger partial charge is 0.325 e. The molecule has 2 aromatic carbocycles. The van der Waals surface area contributed by atoms with E-state index in [4.69, 9.17) is 0 Å². The van der Waals surface area contributed by atoms with Crippen molar-refractivity contribution in [3.8, 4) is 0 Å². The van der Waals surface area contributed by atoms with Crippen LogP contribution in [0.15, 0.2) is 47.4 Å². The number of carbonyl (C=O) groups excluding carboxylic acids is 1. The molecule has 1 aliphatic heterocycles. The van der Waals surface area contributed by atoms with Gasteiger partial charge in [0.1, 0.15) is 5.82 Å². The highest BCUT2D eigenvalue weighted by Crippen LogP contribution is 2.40. The Labute approximate surface area is 149 Å². The molecule has 0 aliphatic carbocycles. The number of nitrogens with zero attached hydrogens (tertiary/aromatic N) is 2. The minimum absolute atomic E-state index is 0.163. The fourth-order valence-electron chi connectivity index (χ4n) is 2.43. The zero-order chi connectivity index (χ0) is 18.2. The predicted octanol–water partition coefficient (Wildman–Crippen LogP) is 2.69. The van der Waals surface area contributed by atoms with Crippen LogP contribution in [0.1, 0.15) is 0 Å². The number of nitrogens with one attached hydrogen (secondary N) is 1. The van der Waals surface area contributed by atoms with Crippen LogP contribution in [0.2, 0.25) is 0 Å². The zero-order valence-electron chi connectivity index (χ0n) is 13.6. The Bertz CT molecular complexity index is 917. The number of fused-ring (bicyclic) bond motifs is 1. The molecular formula is C16H16FN3O3S2. The first-order valence-corrected chi connectivity index (χ1v) is 9.72. The Morgan fingerprint density at radius 3 is 2.40 bits per heavy atom. The van der Waals surface area contributed by atoms with Gasteiger partial charge in [-0.25, -0.2) is 4.39 Å². The van der Waals surface area contributed by atoms with Crippen LogP contribution in [-0.2, 0) is 15.0 Å². The Morgan fingerprint density at radius 1 is 1.08 bits per heavy atom. The topological polar surface area (TPSA) is 69.7 Å². The first-order valence-electron chi connectivity index (χ1n) is 7.34. The molecular weight excluding hydrogens is 365 g/mol. The number of hydrogen-bond donors (Lipinski definition) is 1. The summed E-state index contributed by atoms with van der Waals surface area (Å²) in [6, 6.07) is 10.8. The standard InChI is InChI=1S/C16H16FN3O3S2/c1-19-14-8-5-12(9-15(14)20(2)25(19,22)23)18-16(21)10-24-13-6-3-11(17)4-7-13/h3-9H,10H2,1-2H3,(H,18,21). The van der Waals surface area contributed by atoms with Crippen LogP contribution in [0.3, 0.4) is 0 Å². The molecule has 1 heterocycles. The van der Waals surface area contributed by atoms with Gasteiger partial charge in [0.25, 0.3) is 0 Å². The molecule has 0 unspecified atom stereocenters. The maximum atomic E-state index is 12.9. The molecule has 0 radical (unpaired) electrons. The number of amides is 1. The second kappa shape index (κ2) is 6.57. The van der Waals surface area contributed by atoms with E-state index in [1.54, 1.807) is 30.3 Å². The van der Waals surface area contributed by atoms with Crippen LogP contribution in [0, 0.1) is 5.82 Å². The molecule has 1 N–H and O–H groups in total. The average molecular weight is 381 g/mol. The van der Waals surface area contributed by atoms with Gasteiger partial charge in [0.05, 0.1) is 17.1 Å². The highest BCUT2D eigenvalue weighted by atomic mass is 32.2. The zero-order valence-corrected chi connectivity index (χ0v) is 15.2. The van der Waals surface area contributed by atoms with Crippen molar-refractivity contribution in [2.24, 2.45) is 0 Å². The summed E-state index contributed by atoms with van der Waals surface area (Å²) < 4.78 is 39.4. The van der Waals surface area contributed by atoms with Crippen LogP contribution in [0.25, 0.3) is 0 Å². The van der Waals surface area contributed by atoms with Crippen molar-refractivity contribution in [3.05, 3.63) is 48.3 Å². The number of thioether (sulfide) groups is 1. The molecule has 0 atom stereocenters. The summed E-state index contributed by atoms with van der Waals surface area (Å²) in [7, 11) is -0.591. The highest BCUT2D eigenvalue weighted by Gasteiger charge is 2.35. The van der Waals surface area contributed by atoms with Crippen LogP contribution in [0.5, 0.6) is 0 Å². The summed E-state index contributed by atoms with van der Waals surface area (Å²) >= 11 is 1.29. The van der Waals surface area contributed by atoms with Crippen LogP contribution >= 0.6 is 11.8 Å². The number of benzene rings is 2. The van der Waals surface area contributed by atoms with Gasteiger partial charge in [-0.1, -0.05) is 0 Å². The lowest BCUT2D eigenvalue weighted by Crippen LogP contribution is -2.32. The molecule has 9 heteroatoms. The number of rotatable bonds is 4. The summed E-state index contributed by atoms with van der Waals surface area (Å²) in [5.74, 6) is -0.390. The van der Waals surface area contributed by atoms with E-state index in [0.717, 1.165) is 4.90 Å². The fraction of sp³-hybridized carbons (Fsp3) is 0.188. The molecule has 0 aromatic heterocycles. The van der Waals surface area contributed by atoms with E-state index in [-0.39, 0.29) is 17.5 Å². The Morgan fingerprint density at radius 2 is 1.72 bits per heavy atom. The molecule has 0 saturated heterocycles. The van der Waals surface area contributed by atoms with Crippen molar-refractivity contribution < 1.29 is 17.6 Å². The van der Waals surface area contributed by atoms with Crippen molar-refractivity contribution in [2.75, 3.05) is 33.8 Å². The van der Waals surface area contributed by atoms with Crippen LogP contribution in [-0.4, -0.2) is 34.2 Å². The summed E-state index contributed by atoms with van der Waals surface area (Å²) in [5, 5.41) is 2.74. The molecule has 6 nitrogen and oxygen atoms in total. The maximum absolute atomic E-state index is 12.9. The van der Waals surface area contributed by atoms with Crippen molar-refractivity contribution in [3.63, 3.8) is 0 Å². The molecule has 1 amide bonds. The summed E-state index contributed by atoms with van der Waals surface area (Å²) in [6.07, 6.45) is 0. The lowest BCUT2D eigenvalue weighted by atomic mass is 10.2. The van der Waals surface area contributed by atoms with Gasteiger partial charge in [0, 0.05) is 24.7 Å². The lowest BCUT2D eigenvalue weighted by molar-refractivity contribution is -0.113. The largest absolute Gasteiger partial charge is 0.326 e. The Hall–Kier alpha value is -2.26. The number of hydrogen-bond acceptors (Lipinski definition) is 4. The van der Waals surface area contributed by atoms with Crippen molar-refractivity contribution in [1.29, 1.82) is 0 Å². The monoisotopic (exact) mass is 381 g/mol. The molecule has 25 heavy (non-hydrogen) atoms. The molecule has 0 saturated carbocycles. The summed E-state index contributed by atoms with van der Waals surface area (Å²) in [5.41, 5.74) is 1.58. The second-order valence-electron chi connectivity index (χ2n) is 5.44. The minimum Gasteiger partial charge on any atom is -0.325 e. The van der Waals surface area contributed by atoms with E-state index in [1.807, 2.05) is 0 Å². The van der Waals surface area contributed by atoms with Crippen molar-refractivity contribution in [2.45, 2.75) is 4.90 Å². The van der Waals surface area contributed by atoms with E-state index in [2.05, 4.69) is 5.32 Å². The molecule has 2 aromatic rings. The van der Waals surface area contributed by atoms with E-state index in [9.17, 15) is 17.6 Å². The normalized spacial score (nSPS) is 15.2. The van der Waals surface area contributed by atoms with Crippen LogP contribution in [0.4, 0.5) is 21.5 Å². The Kier molecular flexibility index (Phi) is 4.61. The van der Waals surface area contributed by atoms with Gasteiger partial charge < -0.3 is 5.32 Å². The SMILES string of the molecule is CN1c2ccc(NC(=O)CSc3ccc(F)cc3)cc2N(C)S1(=O)=O. The van der Waals surface area contributed by atoms with Gasteiger partial charge in [-0.2, -0.15) is 8.42 Å². The molecule has 0 bridgehead atoms. The van der Waals surface area contributed by atoms with E-state index in [1.165, 1.54) is 46.6 Å². The first kappa shape index (κ1) is 17.6. The molecule has 0 spiro atoms. The maximum Gasteiger partial charge on any atom is 0.326 e. The number of carbonyl (C=O) groups is 1. The quantitative estimate of drug-likeness (QED) is 0.827. The third-order valence-electron chi connectivity index (χ3n) is 3.81. The average Bonchev–Trinajstić information content (AvgIpc) is 2.75. The van der Waals surface area contributed by atoms with Gasteiger partial charge >= 0.3 is 10.2 Å². The first-order chi connectivity index (χ1) is 11.8. The molecule has 1 aliphatic rings. The third kappa shape index (κ3) is 3.42. The van der Waals surface area contributed by atoms with Crippen molar-refractivity contribution >= 4 is 44.9 Å². The number of halogens is 1. The molecule has 3 rings (SSSR count). The molecule has 132 valence electrons. The van der Waals surface area contributed by atoms with E-state index in [0.29, 0.717) is 17.1 Å². The van der Waals surface area contributed by atoms with Gasteiger partial charge in [-0.05, 0) is 42.5 Å². The van der Waals surface area contributed by atoms with Crippen LogP contribution < -0.4 is 13.9 Å². The summed E-state index contributed by atoms with van der Waals surface area (Å²) in [6.45, 7) is 0. The number of anilines is 3. The lowest BCUT2D eigenvalue weighted by Gasteiger charge is -2.13. The highest BCUT2D eigenvalue weighted by molar-refractivity contribution is 8.00. The van der Waals surface area contributed by atoms with Gasteiger partial charge in [-0.15, -0.1) is 11.8 Å². The Balaban J connectivity index is 1.67. The molecule has 0 fully saturated rings. The van der Waals surface area contributed by atoms with Gasteiger partial charge in [-0.3, -0.25) is 13.4 Å². The van der Waals surface area contributed by atoms with E-state index >= 15 is 0 Å². The third-order valence-corrected chi connectivity index (χ3v) is 6.60.